The van der Waals surface area contributed by atoms with Crippen LogP contribution >= 0.6 is 0 Å². The van der Waals surface area contributed by atoms with Gasteiger partial charge in [-0.1, -0.05) is 0 Å². The summed E-state index contributed by atoms with van der Waals surface area (Å²) in [7, 11) is -3.94. The number of hydrogen-bond donors (Lipinski definition) is 4. The highest BCUT2D eigenvalue weighted by Gasteiger charge is 2.34. The van der Waals surface area contributed by atoms with E-state index in [0.29, 0.717) is 17.3 Å². The van der Waals surface area contributed by atoms with Gasteiger partial charge in [-0.05, 0) is 45.4 Å². The predicted molar refractivity (Wildman–Crippen MR) is 120 cm³/mol. The second-order valence-corrected chi connectivity index (χ2v) is 10.9. The molecule has 12 heteroatoms. The molecule has 33 heavy (non-hydrogen) atoms. The van der Waals surface area contributed by atoms with Crippen LogP contribution in [0.4, 0.5) is 4.79 Å². The standard InChI is InChI=1S/C21H24N4O7S/c1-21(2,3)32-20(29)23-11-6-7-25(10-11)33(30,31)12-4-5-15-13(8-12)16-14(19(27)28)9-22-17(16)18(26)24-15/h4-5,8-9,11,22H,6-7,10H2,1-3H3,(H,23,29)(H,24,26)(H,27,28)/t11-/m1/s1. The second-order valence-electron chi connectivity index (χ2n) is 8.91. The van der Waals surface area contributed by atoms with E-state index in [1.54, 1.807) is 20.8 Å². The lowest BCUT2D eigenvalue weighted by molar-refractivity contribution is 0.0506. The fourth-order valence-electron chi connectivity index (χ4n) is 3.92. The Kier molecular flexibility index (Phi) is 5.45. The van der Waals surface area contributed by atoms with Crippen LogP contribution in [0.1, 0.15) is 37.6 Å². The van der Waals surface area contributed by atoms with Crippen molar-refractivity contribution in [2.75, 3.05) is 13.1 Å². The quantitative estimate of drug-likeness (QED) is 0.448. The molecule has 1 fully saturated rings. The van der Waals surface area contributed by atoms with Crippen molar-refractivity contribution in [3.63, 3.8) is 0 Å². The summed E-state index contributed by atoms with van der Waals surface area (Å²) >= 11 is 0. The molecule has 0 bridgehead atoms. The summed E-state index contributed by atoms with van der Waals surface area (Å²) in [6.07, 6.45) is 1.01. The molecule has 1 aliphatic rings. The number of aromatic carboxylic acids is 1. The number of H-pyrrole nitrogens is 2. The molecular weight excluding hydrogens is 452 g/mol. The Morgan fingerprint density at radius 1 is 1.27 bits per heavy atom. The van der Waals surface area contributed by atoms with Crippen LogP contribution in [0.5, 0.6) is 0 Å². The van der Waals surface area contributed by atoms with Crippen molar-refractivity contribution in [1.82, 2.24) is 19.6 Å². The van der Waals surface area contributed by atoms with E-state index in [0.717, 1.165) is 0 Å². The highest BCUT2D eigenvalue weighted by Crippen LogP contribution is 2.29. The number of hydrogen-bond acceptors (Lipinski definition) is 6. The van der Waals surface area contributed by atoms with E-state index in [4.69, 9.17) is 4.74 Å². The first-order valence-corrected chi connectivity index (χ1v) is 11.7. The fourth-order valence-corrected chi connectivity index (χ4v) is 5.45. The van der Waals surface area contributed by atoms with Crippen LogP contribution in [-0.2, 0) is 14.8 Å². The van der Waals surface area contributed by atoms with Gasteiger partial charge in [-0.15, -0.1) is 0 Å². The van der Waals surface area contributed by atoms with Gasteiger partial charge in [0.1, 0.15) is 11.1 Å². The monoisotopic (exact) mass is 476 g/mol. The maximum absolute atomic E-state index is 13.3. The number of carboxylic acid groups (broad SMARTS) is 1. The molecule has 0 unspecified atom stereocenters. The van der Waals surface area contributed by atoms with Gasteiger partial charge in [-0.25, -0.2) is 18.0 Å². The summed E-state index contributed by atoms with van der Waals surface area (Å²) in [6, 6.07) is 3.76. The van der Waals surface area contributed by atoms with Gasteiger partial charge in [0.25, 0.3) is 5.56 Å². The Hall–Kier alpha value is -3.38. The SMILES string of the molecule is CC(C)(C)OC(=O)N[C@@H]1CCN(S(=O)(=O)c2ccc3[nH]c(=O)c4[nH]cc(C(=O)O)c4c3c2)C1. The average Bonchev–Trinajstić information content (AvgIpc) is 3.34. The molecule has 11 nitrogen and oxygen atoms in total. The van der Waals surface area contributed by atoms with Crippen LogP contribution in [0.2, 0.25) is 0 Å². The summed E-state index contributed by atoms with van der Waals surface area (Å²) in [5.41, 5.74) is -0.926. The minimum atomic E-state index is -3.94. The van der Waals surface area contributed by atoms with E-state index in [2.05, 4.69) is 15.3 Å². The summed E-state index contributed by atoms with van der Waals surface area (Å²) in [4.78, 5) is 41.2. The topological polar surface area (TPSA) is 162 Å². The van der Waals surface area contributed by atoms with Gasteiger partial charge < -0.3 is 25.1 Å². The van der Waals surface area contributed by atoms with Gasteiger partial charge in [-0.2, -0.15) is 4.31 Å². The van der Waals surface area contributed by atoms with Crippen LogP contribution in [0, 0.1) is 0 Å². The molecule has 176 valence electrons. The van der Waals surface area contributed by atoms with Crippen molar-refractivity contribution in [3.8, 4) is 0 Å². The number of ether oxygens (including phenoxy) is 1. The number of alkyl carbamates (subject to hydrolysis) is 1. The number of fused-ring (bicyclic) bond motifs is 3. The van der Waals surface area contributed by atoms with E-state index in [-0.39, 0.29) is 34.5 Å². The number of carbonyl (C=O) groups excluding carboxylic acids is 1. The summed E-state index contributed by atoms with van der Waals surface area (Å²) in [5, 5.41) is 12.6. The molecule has 0 saturated carbocycles. The largest absolute Gasteiger partial charge is 0.478 e. The van der Waals surface area contributed by atoms with Crippen LogP contribution < -0.4 is 10.9 Å². The van der Waals surface area contributed by atoms with E-state index in [9.17, 15) is 27.9 Å². The summed E-state index contributed by atoms with van der Waals surface area (Å²) in [6.45, 7) is 5.49. The number of benzene rings is 1. The molecular formula is C21H24N4O7S. The van der Waals surface area contributed by atoms with Gasteiger partial charge >= 0.3 is 12.1 Å². The maximum atomic E-state index is 13.3. The Morgan fingerprint density at radius 2 is 2.00 bits per heavy atom. The van der Waals surface area contributed by atoms with Crippen molar-refractivity contribution >= 4 is 43.9 Å². The summed E-state index contributed by atoms with van der Waals surface area (Å²) < 4.78 is 33.1. The lowest BCUT2D eigenvalue weighted by Crippen LogP contribution is -2.41. The third kappa shape index (κ3) is 4.31. The average molecular weight is 477 g/mol. The number of sulfonamides is 1. The van der Waals surface area contributed by atoms with Crippen molar-refractivity contribution < 1.29 is 27.9 Å². The maximum Gasteiger partial charge on any atom is 0.407 e. The minimum Gasteiger partial charge on any atom is -0.478 e. The zero-order valence-corrected chi connectivity index (χ0v) is 19.1. The van der Waals surface area contributed by atoms with Crippen molar-refractivity contribution in [3.05, 3.63) is 40.3 Å². The van der Waals surface area contributed by atoms with Crippen molar-refractivity contribution in [2.45, 2.75) is 43.7 Å². The van der Waals surface area contributed by atoms with E-state index < -0.39 is 39.3 Å². The van der Waals surface area contributed by atoms with Gasteiger partial charge in [0.05, 0.1) is 10.5 Å². The fraction of sp³-hybridized carbons (Fsp3) is 0.381. The third-order valence-corrected chi connectivity index (χ3v) is 7.22. The highest BCUT2D eigenvalue weighted by molar-refractivity contribution is 7.89. The van der Waals surface area contributed by atoms with Crippen LogP contribution in [0.15, 0.2) is 34.1 Å². The van der Waals surface area contributed by atoms with Gasteiger partial charge in [-0.3, -0.25) is 4.79 Å². The molecule has 4 N–H and O–H groups in total. The van der Waals surface area contributed by atoms with Gasteiger partial charge in [0.2, 0.25) is 10.0 Å². The molecule has 1 aromatic carbocycles. The number of carbonyl (C=O) groups is 2. The Bertz CT molecular complexity index is 1430. The van der Waals surface area contributed by atoms with E-state index in [1.165, 1.54) is 28.7 Å². The highest BCUT2D eigenvalue weighted by atomic mass is 32.2. The Balaban J connectivity index is 1.66. The van der Waals surface area contributed by atoms with Crippen molar-refractivity contribution in [1.29, 1.82) is 0 Å². The molecule has 3 heterocycles. The van der Waals surface area contributed by atoms with Gasteiger partial charge in [0, 0.05) is 41.6 Å². The second kappa shape index (κ2) is 7.89. The number of pyridine rings is 1. The number of amides is 1. The number of carboxylic acids is 1. The molecule has 1 amide bonds. The molecule has 1 saturated heterocycles. The normalized spacial score (nSPS) is 17.5. The van der Waals surface area contributed by atoms with E-state index >= 15 is 0 Å². The third-order valence-electron chi connectivity index (χ3n) is 5.36. The smallest absolute Gasteiger partial charge is 0.407 e. The zero-order chi connectivity index (χ0) is 24.1. The molecule has 0 spiro atoms. The van der Waals surface area contributed by atoms with Crippen molar-refractivity contribution in [2.24, 2.45) is 0 Å². The minimum absolute atomic E-state index is 0.0428. The Morgan fingerprint density at radius 3 is 2.67 bits per heavy atom. The molecule has 0 aliphatic carbocycles. The van der Waals surface area contributed by atoms with E-state index in [1.807, 2.05) is 0 Å². The van der Waals surface area contributed by atoms with Crippen LogP contribution in [-0.4, -0.2) is 64.6 Å². The molecule has 4 rings (SSSR count). The number of rotatable bonds is 4. The van der Waals surface area contributed by atoms with Gasteiger partial charge in [0.15, 0.2) is 0 Å². The van der Waals surface area contributed by atoms with Crippen LogP contribution in [0.3, 0.4) is 0 Å². The zero-order valence-electron chi connectivity index (χ0n) is 18.3. The number of nitrogens with one attached hydrogen (secondary N) is 3. The first kappa shape index (κ1) is 22.8. The lowest BCUT2D eigenvalue weighted by atomic mass is 10.1. The molecule has 1 atom stereocenters. The number of aromatic nitrogens is 2. The molecule has 2 aromatic heterocycles. The number of nitrogens with zero attached hydrogens (tertiary/aromatic N) is 1. The Labute approximate surface area is 188 Å². The molecule has 3 aromatic rings. The molecule has 0 radical (unpaired) electrons. The molecule has 1 aliphatic heterocycles. The lowest BCUT2D eigenvalue weighted by Gasteiger charge is -2.22. The predicted octanol–water partition coefficient (Wildman–Crippen LogP) is 2.00. The first-order valence-electron chi connectivity index (χ1n) is 10.3. The number of aromatic amines is 2. The van der Waals surface area contributed by atoms with Crippen LogP contribution in [0.25, 0.3) is 21.8 Å². The summed E-state index contributed by atoms with van der Waals surface area (Å²) in [5.74, 6) is -1.24. The first-order chi connectivity index (χ1) is 15.4.